The van der Waals surface area contributed by atoms with Crippen molar-refractivity contribution in [2.24, 2.45) is 11.8 Å². The molecule has 0 aromatic carbocycles. The summed E-state index contributed by atoms with van der Waals surface area (Å²) < 4.78 is 53.8. The topological polar surface area (TPSA) is 77.6 Å². The molecule has 2 aromatic rings. The van der Waals surface area contributed by atoms with E-state index in [-0.39, 0.29) is 41.9 Å². The lowest BCUT2D eigenvalue weighted by Gasteiger charge is -2.32. The highest BCUT2D eigenvalue weighted by atomic mass is 19.4. The molecular formula is C23H26F3N3O4. The number of aryl methyl sites for hydroxylation is 2. The van der Waals surface area contributed by atoms with E-state index in [1.807, 2.05) is 4.90 Å². The summed E-state index contributed by atoms with van der Waals surface area (Å²) in [5.74, 6) is -1.03. The van der Waals surface area contributed by atoms with Crippen LogP contribution in [0.25, 0.3) is 11.3 Å². The Kier molecular flexibility index (Phi) is 5.49. The second-order valence-electron chi connectivity index (χ2n) is 9.09. The highest BCUT2D eigenvalue weighted by molar-refractivity contribution is 5.92. The lowest BCUT2D eigenvalue weighted by Crippen LogP contribution is -2.40. The van der Waals surface area contributed by atoms with E-state index in [1.165, 1.54) is 6.92 Å². The summed E-state index contributed by atoms with van der Waals surface area (Å²) in [4.78, 5) is 26.4. The summed E-state index contributed by atoms with van der Waals surface area (Å²) in [6.07, 6.45) is 1.45. The summed E-state index contributed by atoms with van der Waals surface area (Å²) in [6.45, 7) is 3.49. The van der Waals surface area contributed by atoms with Crippen molar-refractivity contribution >= 4 is 11.9 Å². The van der Waals surface area contributed by atoms with Gasteiger partial charge >= 0.3 is 12.1 Å². The van der Waals surface area contributed by atoms with E-state index in [1.54, 1.807) is 10.9 Å². The van der Waals surface area contributed by atoms with Crippen LogP contribution in [-0.4, -0.2) is 46.3 Å². The van der Waals surface area contributed by atoms with Crippen molar-refractivity contribution in [1.82, 2.24) is 14.7 Å². The Hall–Kier alpha value is -2.78. The van der Waals surface area contributed by atoms with Gasteiger partial charge in [-0.05, 0) is 50.5 Å². The molecule has 0 radical (unpaired) electrons. The number of likely N-dealkylation sites (tertiary alicyclic amines) is 1. The van der Waals surface area contributed by atoms with Gasteiger partial charge in [0.2, 0.25) is 11.7 Å². The number of rotatable bonds is 5. The molecule has 178 valence electrons. The fourth-order valence-corrected chi connectivity index (χ4v) is 4.90. The molecule has 0 spiro atoms. The van der Waals surface area contributed by atoms with Gasteiger partial charge in [-0.3, -0.25) is 9.48 Å². The van der Waals surface area contributed by atoms with Crippen LogP contribution >= 0.6 is 0 Å². The molecule has 0 unspecified atom stereocenters. The Labute approximate surface area is 188 Å². The maximum absolute atomic E-state index is 14.0. The van der Waals surface area contributed by atoms with Gasteiger partial charge in [0, 0.05) is 38.2 Å². The van der Waals surface area contributed by atoms with Gasteiger partial charge in [0.05, 0.1) is 17.9 Å². The summed E-state index contributed by atoms with van der Waals surface area (Å²) >= 11 is 0. The van der Waals surface area contributed by atoms with Gasteiger partial charge in [0.25, 0.3) is 0 Å². The van der Waals surface area contributed by atoms with E-state index in [9.17, 15) is 22.8 Å². The monoisotopic (exact) mass is 465 g/mol. The third kappa shape index (κ3) is 4.15. The van der Waals surface area contributed by atoms with Crippen molar-refractivity contribution in [2.75, 3.05) is 19.7 Å². The third-order valence-electron chi connectivity index (χ3n) is 6.72. The molecule has 2 aromatic heterocycles. The highest BCUT2D eigenvalue weighted by Crippen LogP contribution is 2.46. The lowest BCUT2D eigenvalue weighted by atomic mass is 9.93. The lowest BCUT2D eigenvalue weighted by molar-refractivity contribution is -0.138. The number of alkyl halides is 3. The number of ether oxygens (including phenoxy) is 1. The Morgan fingerprint density at radius 1 is 1.18 bits per heavy atom. The molecule has 33 heavy (non-hydrogen) atoms. The smallest absolute Gasteiger partial charge is 0.421 e. The van der Waals surface area contributed by atoms with Crippen LogP contribution in [0.2, 0.25) is 0 Å². The van der Waals surface area contributed by atoms with Gasteiger partial charge in [-0.25, -0.2) is 4.79 Å². The average Bonchev–Trinajstić information content (AvgIpc) is 3.41. The van der Waals surface area contributed by atoms with Crippen molar-refractivity contribution in [1.29, 1.82) is 0 Å². The average molecular weight is 465 g/mol. The Bertz CT molecular complexity index is 1080. The van der Waals surface area contributed by atoms with Crippen LogP contribution in [0.4, 0.5) is 13.2 Å². The normalized spacial score (nSPS) is 18.7. The number of furan rings is 1. The third-order valence-corrected chi connectivity index (χ3v) is 6.72. The van der Waals surface area contributed by atoms with E-state index in [0.29, 0.717) is 37.5 Å². The molecular weight excluding hydrogens is 439 g/mol. The first-order chi connectivity index (χ1) is 15.8. The van der Waals surface area contributed by atoms with Crippen molar-refractivity contribution in [3.8, 4) is 11.3 Å². The zero-order valence-corrected chi connectivity index (χ0v) is 18.4. The minimum Gasteiger partial charge on any atom is -0.460 e. The SMILES string of the molecule is CCOC(=O)c1oc2c(c1C(F)(F)F)-c1nn(CC3CCN(C(=O)C4CC4)CC3)cc1CC2. The molecule has 1 saturated heterocycles. The number of aromatic nitrogens is 2. The first-order valence-electron chi connectivity index (χ1n) is 11.5. The predicted octanol–water partition coefficient (Wildman–Crippen LogP) is 4.09. The number of nitrogens with zero attached hydrogens (tertiary/aromatic N) is 3. The summed E-state index contributed by atoms with van der Waals surface area (Å²) in [7, 11) is 0. The fourth-order valence-electron chi connectivity index (χ4n) is 4.90. The maximum Gasteiger partial charge on any atom is 0.421 e. The summed E-state index contributed by atoms with van der Waals surface area (Å²) in [5.41, 5.74) is -0.306. The molecule has 0 bridgehead atoms. The van der Waals surface area contributed by atoms with Crippen LogP contribution in [0, 0.1) is 11.8 Å². The number of esters is 1. The minimum absolute atomic E-state index is 0.0492. The van der Waals surface area contributed by atoms with E-state index in [4.69, 9.17) is 9.15 Å². The molecule has 3 heterocycles. The minimum atomic E-state index is -4.78. The molecule has 10 heteroatoms. The summed E-state index contributed by atoms with van der Waals surface area (Å²) in [6, 6.07) is 0. The van der Waals surface area contributed by atoms with E-state index >= 15 is 0 Å². The quantitative estimate of drug-likeness (QED) is 0.622. The number of hydrogen-bond acceptors (Lipinski definition) is 5. The van der Waals surface area contributed by atoms with E-state index < -0.39 is 23.5 Å². The van der Waals surface area contributed by atoms with Gasteiger partial charge in [0.15, 0.2) is 0 Å². The van der Waals surface area contributed by atoms with Crippen molar-refractivity contribution in [3.05, 3.63) is 28.8 Å². The van der Waals surface area contributed by atoms with Crippen LogP contribution in [0.15, 0.2) is 10.6 Å². The molecule has 1 aliphatic heterocycles. The molecule has 0 N–H and O–H groups in total. The van der Waals surface area contributed by atoms with Crippen LogP contribution in [0.1, 0.15) is 60.0 Å². The molecule has 5 rings (SSSR count). The van der Waals surface area contributed by atoms with Gasteiger partial charge in [-0.2, -0.15) is 18.3 Å². The van der Waals surface area contributed by atoms with Crippen LogP contribution in [0.3, 0.4) is 0 Å². The Morgan fingerprint density at radius 3 is 2.55 bits per heavy atom. The Morgan fingerprint density at radius 2 is 1.91 bits per heavy atom. The first kappa shape index (κ1) is 22.0. The number of amides is 1. The van der Waals surface area contributed by atoms with Crippen LogP contribution < -0.4 is 0 Å². The molecule has 2 fully saturated rings. The largest absolute Gasteiger partial charge is 0.460 e. The standard InChI is InChI=1S/C23H26F3N3O4/c1-2-32-22(31)20-18(23(24,25)26)17-16(33-20)6-5-15-12-29(27-19(15)17)11-13-7-9-28(10-8-13)21(30)14-3-4-14/h12-14H,2-11H2,1H3. The fraction of sp³-hybridized carbons (Fsp3) is 0.609. The number of halogens is 3. The van der Waals surface area contributed by atoms with E-state index in [2.05, 4.69) is 5.10 Å². The molecule has 3 aliphatic rings. The first-order valence-corrected chi connectivity index (χ1v) is 11.5. The van der Waals surface area contributed by atoms with Crippen molar-refractivity contribution in [2.45, 2.75) is 58.2 Å². The summed E-state index contributed by atoms with van der Waals surface area (Å²) in [5, 5.41) is 4.50. The van der Waals surface area contributed by atoms with E-state index in [0.717, 1.165) is 25.7 Å². The second kappa shape index (κ2) is 8.22. The zero-order valence-electron chi connectivity index (χ0n) is 18.4. The predicted molar refractivity (Wildman–Crippen MR) is 110 cm³/mol. The molecule has 2 aliphatic carbocycles. The van der Waals surface area contributed by atoms with Crippen LogP contribution in [-0.2, 0) is 35.1 Å². The number of fused-ring (bicyclic) bond motifs is 3. The van der Waals surface area contributed by atoms with Gasteiger partial charge < -0.3 is 14.1 Å². The highest BCUT2D eigenvalue weighted by Gasteiger charge is 2.46. The zero-order chi connectivity index (χ0) is 23.3. The number of carbonyl (C=O) groups is 2. The molecule has 7 nitrogen and oxygen atoms in total. The second-order valence-corrected chi connectivity index (χ2v) is 9.09. The molecule has 0 atom stereocenters. The Balaban J connectivity index is 1.37. The van der Waals surface area contributed by atoms with Crippen molar-refractivity contribution < 1.29 is 31.9 Å². The van der Waals surface area contributed by atoms with Crippen molar-refractivity contribution in [3.63, 3.8) is 0 Å². The molecule has 1 saturated carbocycles. The molecule has 1 amide bonds. The van der Waals surface area contributed by atoms with Gasteiger partial charge in [0.1, 0.15) is 11.3 Å². The van der Waals surface area contributed by atoms with Crippen LogP contribution in [0.5, 0.6) is 0 Å². The van der Waals surface area contributed by atoms with Gasteiger partial charge in [-0.15, -0.1) is 0 Å². The number of carbonyl (C=O) groups excluding carboxylic acids is 2. The maximum atomic E-state index is 14.0. The number of piperidine rings is 1. The number of hydrogen-bond donors (Lipinski definition) is 0. The van der Waals surface area contributed by atoms with Gasteiger partial charge in [-0.1, -0.05) is 0 Å².